The van der Waals surface area contributed by atoms with Crippen molar-refractivity contribution in [3.63, 3.8) is 0 Å². The largest absolute Gasteiger partial charge is 0.339 e. The number of nitrogens with zero attached hydrogens (tertiary/aromatic N) is 3. The fraction of sp³-hybridized carbons (Fsp3) is 0.571. The van der Waals surface area contributed by atoms with Crippen molar-refractivity contribution in [3.8, 4) is 0 Å². The van der Waals surface area contributed by atoms with Crippen LogP contribution < -0.4 is 0 Å². The lowest BCUT2D eigenvalue weighted by atomic mass is 9.93. The summed E-state index contributed by atoms with van der Waals surface area (Å²) in [7, 11) is 0. The fourth-order valence-electron chi connectivity index (χ4n) is 5.46. The Morgan fingerprint density at radius 3 is 2.57 bits per heavy atom. The number of rotatable bonds is 9. The highest BCUT2D eigenvalue weighted by molar-refractivity contribution is 7.10. The van der Waals surface area contributed by atoms with E-state index >= 15 is 0 Å². The highest BCUT2D eigenvalue weighted by Gasteiger charge is 2.31. The maximum Gasteiger partial charge on any atom is 0.225 e. The van der Waals surface area contributed by atoms with Gasteiger partial charge in [0, 0.05) is 56.5 Å². The maximum absolute atomic E-state index is 14.0. The van der Waals surface area contributed by atoms with Crippen molar-refractivity contribution in [2.24, 2.45) is 5.92 Å². The van der Waals surface area contributed by atoms with Gasteiger partial charge in [0.25, 0.3) is 0 Å². The Bertz CT molecular complexity index is 1000. The van der Waals surface area contributed by atoms with Crippen molar-refractivity contribution in [1.29, 1.82) is 0 Å². The fourth-order valence-corrected chi connectivity index (χ4v) is 6.36. The van der Waals surface area contributed by atoms with Crippen LogP contribution in [0.1, 0.15) is 68.0 Å². The van der Waals surface area contributed by atoms with Crippen LogP contribution >= 0.6 is 11.3 Å². The monoisotopic (exact) mass is 499 g/mol. The van der Waals surface area contributed by atoms with Gasteiger partial charge in [0.15, 0.2) is 0 Å². The van der Waals surface area contributed by atoms with Gasteiger partial charge in [-0.1, -0.05) is 38.8 Å². The van der Waals surface area contributed by atoms with Gasteiger partial charge < -0.3 is 9.80 Å². The molecule has 0 spiro atoms. The molecule has 7 heteroatoms. The van der Waals surface area contributed by atoms with Crippen molar-refractivity contribution < 1.29 is 14.0 Å². The first-order valence-electron chi connectivity index (χ1n) is 13.1. The number of halogens is 1. The summed E-state index contributed by atoms with van der Waals surface area (Å²) < 4.78 is 14.0. The van der Waals surface area contributed by atoms with Crippen LogP contribution in [-0.2, 0) is 16.0 Å². The quantitative estimate of drug-likeness (QED) is 0.482. The molecule has 2 aromatic rings. The molecule has 190 valence electrons. The lowest BCUT2D eigenvalue weighted by Crippen LogP contribution is -2.52. The topological polar surface area (TPSA) is 43.9 Å². The number of hydrogen-bond donors (Lipinski definition) is 0. The Morgan fingerprint density at radius 1 is 1.09 bits per heavy atom. The number of unbranched alkanes of at least 4 members (excludes halogenated alkanes) is 1. The SMILES string of the molecule is CCCC[C@H](CC)C(=O)N1CCN(C(=O)CCN2CCc3sccc3[C@H]2c2cccc(F)c2)CC1. The summed E-state index contributed by atoms with van der Waals surface area (Å²) in [6.45, 7) is 8.22. The molecule has 2 aliphatic heterocycles. The van der Waals surface area contributed by atoms with Gasteiger partial charge >= 0.3 is 0 Å². The van der Waals surface area contributed by atoms with Crippen LogP contribution in [0, 0.1) is 11.7 Å². The number of thiophene rings is 1. The molecule has 0 bridgehead atoms. The second kappa shape index (κ2) is 12.1. The number of fused-ring (bicyclic) bond motifs is 1. The third-order valence-corrected chi connectivity index (χ3v) is 8.53. The molecule has 0 aliphatic carbocycles. The molecule has 1 aromatic heterocycles. The minimum atomic E-state index is -0.228. The lowest BCUT2D eigenvalue weighted by Gasteiger charge is -2.38. The average molecular weight is 500 g/mol. The Morgan fingerprint density at radius 2 is 1.86 bits per heavy atom. The van der Waals surface area contributed by atoms with Crippen molar-refractivity contribution in [3.05, 3.63) is 57.5 Å². The van der Waals surface area contributed by atoms with Gasteiger partial charge in [-0.15, -0.1) is 11.3 Å². The number of carbonyl (C=O) groups is 2. The average Bonchev–Trinajstić information content (AvgIpc) is 3.36. The van der Waals surface area contributed by atoms with Crippen molar-refractivity contribution in [2.45, 2.75) is 58.4 Å². The highest BCUT2D eigenvalue weighted by Crippen LogP contribution is 2.38. The van der Waals surface area contributed by atoms with Gasteiger partial charge in [0.2, 0.25) is 11.8 Å². The van der Waals surface area contributed by atoms with E-state index in [1.807, 2.05) is 15.9 Å². The molecule has 0 radical (unpaired) electrons. The Labute approximate surface area is 212 Å². The summed E-state index contributed by atoms with van der Waals surface area (Å²) in [5, 5.41) is 2.11. The summed E-state index contributed by atoms with van der Waals surface area (Å²) in [5.74, 6) is 0.279. The molecule has 2 amide bonds. The van der Waals surface area contributed by atoms with Crippen molar-refractivity contribution in [2.75, 3.05) is 39.3 Å². The van der Waals surface area contributed by atoms with E-state index in [2.05, 4.69) is 30.2 Å². The second-order valence-corrected chi connectivity index (χ2v) is 10.7. The number of carbonyl (C=O) groups excluding carboxylic acids is 2. The molecule has 1 fully saturated rings. The Kier molecular flexibility index (Phi) is 8.95. The van der Waals surface area contributed by atoms with E-state index in [-0.39, 0.29) is 29.6 Å². The highest BCUT2D eigenvalue weighted by atomic mass is 32.1. The number of benzene rings is 1. The molecule has 5 nitrogen and oxygen atoms in total. The van der Waals surface area contributed by atoms with E-state index in [9.17, 15) is 14.0 Å². The molecule has 1 saturated heterocycles. The third-order valence-electron chi connectivity index (χ3n) is 7.54. The van der Waals surface area contributed by atoms with Gasteiger partial charge in [-0.2, -0.15) is 0 Å². The minimum absolute atomic E-state index is 0.0166. The normalized spacial score (nSPS) is 19.5. The van der Waals surface area contributed by atoms with E-state index in [1.54, 1.807) is 23.5 Å². The predicted molar refractivity (Wildman–Crippen MR) is 139 cm³/mol. The molecular weight excluding hydrogens is 461 g/mol. The summed E-state index contributed by atoms with van der Waals surface area (Å²) in [4.78, 5) is 33.5. The number of hydrogen-bond acceptors (Lipinski definition) is 4. The molecule has 35 heavy (non-hydrogen) atoms. The first kappa shape index (κ1) is 25.8. The molecule has 0 saturated carbocycles. The number of piperazine rings is 1. The van der Waals surface area contributed by atoms with Crippen LogP contribution in [-0.4, -0.2) is 65.8 Å². The van der Waals surface area contributed by atoms with E-state index in [0.717, 1.165) is 44.2 Å². The molecule has 2 atom stereocenters. The molecular formula is C28H38FN3O2S. The molecule has 0 N–H and O–H groups in total. The zero-order chi connectivity index (χ0) is 24.8. The van der Waals surface area contributed by atoms with Crippen LogP contribution in [0.25, 0.3) is 0 Å². The van der Waals surface area contributed by atoms with Gasteiger partial charge in [-0.25, -0.2) is 4.39 Å². The van der Waals surface area contributed by atoms with Crippen LogP contribution in [0.2, 0.25) is 0 Å². The molecule has 3 heterocycles. The standard InChI is InChI=1S/C28H38FN3O2S/c1-3-5-7-21(4-2)28(34)32-17-15-30(16-18-32)26(33)11-14-31-13-10-25-24(12-19-35-25)27(31)22-8-6-9-23(29)20-22/h6,8-9,12,19-21,27H,3-5,7,10-11,13-18H2,1-2H3/t21-,27+/m0/s1. The maximum atomic E-state index is 14.0. The van der Waals surface area contributed by atoms with Gasteiger partial charge in [-0.05, 0) is 54.0 Å². The van der Waals surface area contributed by atoms with Crippen LogP contribution in [0.3, 0.4) is 0 Å². The van der Waals surface area contributed by atoms with Gasteiger partial charge in [0.1, 0.15) is 5.82 Å². The summed E-state index contributed by atoms with van der Waals surface area (Å²) >= 11 is 1.76. The molecule has 2 aliphatic rings. The molecule has 1 aromatic carbocycles. The van der Waals surface area contributed by atoms with E-state index in [0.29, 0.717) is 39.1 Å². The first-order chi connectivity index (χ1) is 17.0. The van der Waals surface area contributed by atoms with Crippen LogP contribution in [0.15, 0.2) is 35.7 Å². The van der Waals surface area contributed by atoms with Crippen molar-refractivity contribution >= 4 is 23.2 Å². The van der Waals surface area contributed by atoms with E-state index in [4.69, 9.17) is 0 Å². The van der Waals surface area contributed by atoms with Gasteiger partial charge in [-0.3, -0.25) is 14.5 Å². The third kappa shape index (κ3) is 6.12. The second-order valence-electron chi connectivity index (χ2n) is 9.75. The molecule has 0 unspecified atom stereocenters. The summed E-state index contributed by atoms with van der Waals surface area (Å²) in [6, 6.07) is 8.97. The van der Waals surface area contributed by atoms with E-state index in [1.165, 1.54) is 16.5 Å². The smallest absolute Gasteiger partial charge is 0.225 e. The lowest BCUT2D eigenvalue weighted by molar-refractivity contribution is -0.142. The number of amides is 2. The summed E-state index contributed by atoms with van der Waals surface area (Å²) in [6.07, 6.45) is 5.43. The van der Waals surface area contributed by atoms with Gasteiger partial charge in [0.05, 0.1) is 6.04 Å². The minimum Gasteiger partial charge on any atom is -0.339 e. The Balaban J connectivity index is 1.33. The molecule has 4 rings (SSSR count). The van der Waals surface area contributed by atoms with E-state index < -0.39 is 0 Å². The Hall–Kier alpha value is -2.25. The van der Waals surface area contributed by atoms with Crippen LogP contribution in [0.5, 0.6) is 0 Å². The zero-order valence-corrected chi connectivity index (χ0v) is 21.9. The summed E-state index contributed by atoms with van der Waals surface area (Å²) in [5.41, 5.74) is 2.18. The van der Waals surface area contributed by atoms with Crippen molar-refractivity contribution in [1.82, 2.24) is 14.7 Å². The zero-order valence-electron chi connectivity index (χ0n) is 21.0. The van der Waals surface area contributed by atoms with Crippen LogP contribution in [0.4, 0.5) is 4.39 Å². The predicted octanol–water partition coefficient (Wildman–Crippen LogP) is 5.11. The first-order valence-corrected chi connectivity index (χ1v) is 14.0.